The van der Waals surface area contributed by atoms with Gasteiger partial charge in [0.15, 0.2) is 11.2 Å². The van der Waals surface area contributed by atoms with Gasteiger partial charge in [-0.3, -0.25) is 18.9 Å². The van der Waals surface area contributed by atoms with Crippen molar-refractivity contribution in [2.75, 3.05) is 5.43 Å². The lowest BCUT2D eigenvalue weighted by Gasteiger charge is -2.07. The number of hydrogen-bond acceptors (Lipinski definition) is 6. The number of nitrogens with zero attached hydrogens (tertiary/aromatic N) is 6. The number of nitrogens with one attached hydrogen (secondary N) is 1. The smallest absolute Gasteiger partial charge is 0.303 e. The van der Waals surface area contributed by atoms with Gasteiger partial charge in [-0.25, -0.2) is 10.2 Å². The van der Waals surface area contributed by atoms with Gasteiger partial charge in [0.1, 0.15) is 0 Å². The molecule has 3 aromatic heterocycles. The van der Waals surface area contributed by atoms with Crippen LogP contribution in [0.5, 0.6) is 0 Å². The van der Waals surface area contributed by atoms with Gasteiger partial charge < -0.3 is 4.57 Å². The van der Waals surface area contributed by atoms with E-state index < -0.39 is 5.69 Å². The first-order chi connectivity index (χ1) is 12.0. The Morgan fingerprint density at radius 2 is 1.92 bits per heavy atom. The number of pyridine rings is 1. The zero-order valence-corrected chi connectivity index (χ0v) is 14.3. The lowest BCUT2D eigenvalue weighted by molar-refractivity contribution is 0.679. The first kappa shape index (κ1) is 16.6. The molecule has 1 N–H and O–H groups in total. The minimum Gasteiger partial charge on any atom is -0.303 e. The third-order valence-corrected chi connectivity index (χ3v) is 3.88. The van der Waals surface area contributed by atoms with Crippen molar-refractivity contribution in [1.82, 2.24) is 23.7 Å². The van der Waals surface area contributed by atoms with Crippen LogP contribution in [-0.4, -0.2) is 29.9 Å². The quantitative estimate of drug-likeness (QED) is 0.543. The van der Waals surface area contributed by atoms with Crippen molar-refractivity contribution in [2.45, 2.75) is 19.9 Å². The van der Waals surface area contributed by atoms with Crippen LogP contribution in [0.25, 0.3) is 11.2 Å². The molecule has 9 nitrogen and oxygen atoms in total. The highest BCUT2D eigenvalue weighted by Crippen LogP contribution is 2.16. The van der Waals surface area contributed by atoms with E-state index >= 15 is 0 Å². The molecular formula is C16H19N7O2. The Balaban J connectivity index is 2.09. The fourth-order valence-electron chi connectivity index (χ4n) is 2.59. The Bertz CT molecular complexity index is 1040. The molecular weight excluding hydrogens is 322 g/mol. The Kier molecular flexibility index (Phi) is 4.46. The zero-order chi connectivity index (χ0) is 18.0. The molecule has 3 aromatic rings. The summed E-state index contributed by atoms with van der Waals surface area (Å²) in [5.41, 5.74) is 3.68. The molecule has 0 unspecified atom stereocenters. The molecule has 0 saturated carbocycles. The summed E-state index contributed by atoms with van der Waals surface area (Å²) in [4.78, 5) is 33.0. The molecule has 0 bridgehead atoms. The second kappa shape index (κ2) is 6.71. The van der Waals surface area contributed by atoms with Gasteiger partial charge in [-0.1, -0.05) is 6.92 Å². The van der Waals surface area contributed by atoms with E-state index in [9.17, 15) is 9.59 Å². The molecule has 130 valence electrons. The number of hydrazone groups is 1. The maximum absolute atomic E-state index is 12.5. The average molecular weight is 341 g/mol. The van der Waals surface area contributed by atoms with Crippen LogP contribution in [0.1, 0.15) is 18.9 Å². The molecule has 0 aliphatic carbocycles. The van der Waals surface area contributed by atoms with Gasteiger partial charge in [0.25, 0.3) is 5.56 Å². The maximum Gasteiger partial charge on any atom is 0.332 e. The molecule has 9 heteroatoms. The third-order valence-electron chi connectivity index (χ3n) is 3.88. The summed E-state index contributed by atoms with van der Waals surface area (Å²) < 4.78 is 4.20. The summed E-state index contributed by atoms with van der Waals surface area (Å²) in [6.45, 7) is 2.58. The summed E-state index contributed by atoms with van der Waals surface area (Å²) in [6.07, 6.45) is 5.79. The summed E-state index contributed by atoms with van der Waals surface area (Å²) in [6, 6.07) is 3.64. The molecule has 0 spiro atoms. The topological polar surface area (TPSA) is 99.1 Å². The average Bonchev–Trinajstić information content (AvgIpc) is 2.98. The van der Waals surface area contributed by atoms with Gasteiger partial charge in [-0.05, 0) is 24.1 Å². The summed E-state index contributed by atoms with van der Waals surface area (Å²) >= 11 is 0. The van der Waals surface area contributed by atoms with Crippen molar-refractivity contribution in [2.24, 2.45) is 19.2 Å². The van der Waals surface area contributed by atoms with Gasteiger partial charge in [0.05, 0.1) is 6.21 Å². The predicted octanol–water partition coefficient (Wildman–Crippen LogP) is 0.685. The van der Waals surface area contributed by atoms with E-state index in [1.54, 1.807) is 30.2 Å². The Morgan fingerprint density at radius 1 is 1.20 bits per heavy atom. The van der Waals surface area contributed by atoms with Crippen molar-refractivity contribution >= 4 is 23.3 Å². The van der Waals surface area contributed by atoms with E-state index in [1.165, 1.54) is 11.6 Å². The first-order valence-corrected chi connectivity index (χ1v) is 7.90. The van der Waals surface area contributed by atoms with Crippen molar-refractivity contribution < 1.29 is 0 Å². The number of hydrogen-bond donors (Lipinski definition) is 1. The summed E-state index contributed by atoms with van der Waals surface area (Å²) in [5.74, 6) is 0.417. The van der Waals surface area contributed by atoms with Crippen molar-refractivity contribution in [1.29, 1.82) is 0 Å². The number of rotatable bonds is 5. The molecule has 3 heterocycles. The van der Waals surface area contributed by atoms with E-state index in [0.29, 0.717) is 23.7 Å². The van der Waals surface area contributed by atoms with Crippen LogP contribution in [0.3, 0.4) is 0 Å². The maximum atomic E-state index is 12.5. The summed E-state index contributed by atoms with van der Waals surface area (Å²) in [5, 5.41) is 4.17. The standard InChI is InChI=1S/C16H19N7O2/c1-4-9-23-12-13(21(2)16(25)22(3)14(12)24)19-15(23)20-18-10-11-5-7-17-8-6-11/h5-8,10H,4,9H2,1-3H3,(H,19,20)/b18-10-. The molecule has 0 aliphatic rings. The van der Waals surface area contributed by atoms with Crippen molar-refractivity contribution in [3.8, 4) is 0 Å². The molecule has 0 aromatic carbocycles. The minimum atomic E-state index is -0.412. The van der Waals surface area contributed by atoms with E-state index in [4.69, 9.17) is 0 Å². The van der Waals surface area contributed by atoms with Gasteiger partial charge in [0.2, 0.25) is 5.95 Å². The molecule has 0 atom stereocenters. The van der Waals surface area contributed by atoms with Crippen molar-refractivity contribution in [3.63, 3.8) is 0 Å². The lowest BCUT2D eigenvalue weighted by Crippen LogP contribution is -2.37. The molecule has 25 heavy (non-hydrogen) atoms. The largest absolute Gasteiger partial charge is 0.332 e. The van der Waals surface area contributed by atoms with E-state index in [2.05, 4.69) is 20.5 Å². The highest BCUT2D eigenvalue weighted by atomic mass is 16.2. The molecule has 0 aliphatic heterocycles. The number of imidazole rings is 1. The minimum absolute atomic E-state index is 0.336. The molecule has 0 fully saturated rings. The highest BCUT2D eigenvalue weighted by Gasteiger charge is 2.18. The monoisotopic (exact) mass is 341 g/mol. The number of aryl methyl sites for hydroxylation is 2. The van der Waals surface area contributed by atoms with E-state index in [-0.39, 0.29) is 5.56 Å². The van der Waals surface area contributed by atoms with Crippen LogP contribution in [0.4, 0.5) is 5.95 Å². The van der Waals surface area contributed by atoms with E-state index in [0.717, 1.165) is 16.6 Å². The van der Waals surface area contributed by atoms with Crippen molar-refractivity contribution in [3.05, 3.63) is 50.9 Å². The normalized spacial score (nSPS) is 11.5. The highest BCUT2D eigenvalue weighted by molar-refractivity contribution is 5.80. The van der Waals surface area contributed by atoms with Crippen LogP contribution in [-0.2, 0) is 20.6 Å². The zero-order valence-electron chi connectivity index (χ0n) is 14.3. The number of fused-ring (bicyclic) bond motifs is 1. The van der Waals surface area contributed by atoms with Gasteiger partial charge in [-0.2, -0.15) is 10.1 Å². The fourth-order valence-corrected chi connectivity index (χ4v) is 2.59. The fraction of sp³-hybridized carbons (Fsp3) is 0.312. The third kappa shape index (κ3) is 2.95. The number of anilines is 1. The molecule has 0 amide bonds. The van der Waals surface area contributed by atoms with E-state index in [1.807, 2.05) is 19.1 Å². The SMILES string of the molecule is CCCn1c(N/N=C\c2ccncc2)nc2c1c(=O)n(C)c(=O)n2C. The van der Waals surface area contributed by atoms with Gasteiger partial charge in [0, 0.05) is 33.0 Å². The Morgan fingerprint density at radius 3 is 2.60 bits per heavy atom. The summed E-state index contributed by atoms with van der Waals surface area (Å²) in [7, 11) is 3.06. The van der Waals surface area contributed by atoms with Gasteiger partial charge in [-0.15, -0.1) is 0 Å². The second-order valence-corrected chi connectivity index (χ2v) is 5.62. The molecule has 0 saturated heterocycles. The molecule has 3 rings (SSSR count). The van der Waals surface area contributed by atoms with Crippen LogP contribution in [0.2, 0.25) is 0 Å². The van der Waals surface area contributed by atoms with Crippen LogP contribution in [0, 0.1) is 0 Å². The lowest BCUT2D eigenvalue weighted by atomic mass is 10.3. The Hall–Kier alpha value is -3.23. The second-order valence-electron chi connectivity index (χ2n) is 5.62. The first-order valence-electron chi connectivity index (χ1n) is 7.90. The van der Waals surface area contributed by atoms with Gasteiger partial charge >= 0.3 is 5.69 Å². The Labute approximate surface area is 143 Å². The molecule has 0 radical (unpaired) electrons. The number of aromatic nitrogens is 5. The predicted molar refractivity (Wildman–Crippen MR) is 96.0 cm³/mol. The van der Waals surface area contributed by atoms with Crippen LogP contribution < -0.4 is 16.7 Å². The van der Waals surface area contributed by atoms with Crippen LogP contribution in [0.15, 0.2) is 39.2 Å². The van der Waals surface area contributed by atoms with Crippen LogP contribution >= 0.6 is 0 Å².